The van der Waals surface area contributed by atoms with Crippen molar-refractivity contribution in [2.75, 3.05) is 23.8 Å². The maximum Gasteiger partial charge on any atom is 0.276 e. The SMILES string of the molecule is CCOc1ccc(NS(=O)(=O)c2cc(NC(=O)c3ccn(-c4ccccc4)n3)ccc2OC)cc1. The molecular formula is C25H24N4O5S. The molecule has 0 saturated carbocycles. The zero-order valence-corrected chi connectivity index (χ0v) is 20.0. The minimum absolute atomic E-state index is 0.124. The average molecular weight is 493 g/mol. The molecule has 3 aromatic carbocycles. The van der Waals surface area contributed by atoms with E-state index in [2.05, 4.69) is 15.1 Å². The molecule has 10 heteroatoms. The van der Waals surface area contributed by atoms with Gasteiger partial charge in [-0.3, -0.25) is 9.52 Å². The Morgan fingerprint density at radius 3 is 2.37 bits per heavy atom. The summed E-state index contributed by atoms with van der Waals surface area (Å²) in [6.45, 7) is 2.37. The zero-order valence-electron chi connectivity index (χ0n) is 19.1. The van der Waals surface area contributed by atoms with E-state index in [9.17, 15) is 13.2 Å². The van der Waals surface area contributed by atoms with Crippen LogP contribution in [0.1, 0.15) is 17.4 Å². The van der Waals surface area contributed by atoms with Crippen LogP contribution in [0.5, 0.6) is 11.5 Å². The van der Waals surface area contributed by atoms with Crippen LogP contribution in [0, 0.1) is 0 Å². The van der Waals surface area contributed by atoms with E-state index in [0.29, 0.717) is 18.0 Å². The lowest BCUT2D eigenvalue weighted by Crippen LogP contribution is -2.16. The number of nitrogens with zero attached hydrogens (tertiary/aromatic N) is 2. The van der Waals surface area contributed by atoms with Crippen LogP contribution in [0.25, 0.3) is 5.69 Å². The normalized spacial score (nSPS) is 11.0. The van der Waals surface area contributed by atoms with Crippen LogP contribution in [0.2, 0.25) is 0 Å². The molecule has 0 saturated heterocycles. The molecule has 0 atom stereocenters. The number of aromatic nitrogens is 2. The molecule has 1 aromatic heterocycles. The molecule has 0 spiro atoms. The van der Waals surface area contributed by atoms with Crippen LogP contribution < -0.4 is 19.5 Å². The molecule has 0 fully saturated rings. The van der Waals surface area contributed by atoms with Crippen molar-refractivity contribution in [2.24, 2.45) is 0 Å². The summed E-state index contributed by atoms with van der Waals surface area (Å²) in [5.41, 5.74) is 1.62. The molecule has 0 aliphatic carbocycles. The van der Waals surface area contributed by atoms with Crippen molar-refractivity contribution in [1.82, 2.24) is 9.78 Å². The molecule has 180 valence electrons. The standard InChI is InChI=1S/C25H24N4O5S/c1-3-34-21-12-9-18(10-13-21)28-35(31,32)24-17-19(11-14-23(24)33-2)26-25(30)22-15-16-29(27-22)20-7-5-4-6-8-20/h4-17,28H,3H2,1-2H3,(H,26,30). The van der Waals surface area contributed by atoms with Crippen molar-refractivity contribution in [3.8, 4) is 17.2 Å². The van der Waals surface area contributed by atoms with Gasteiger partial charge in [-0.05, 0) is 67.6 Å². The number of hydrogen-bond donors (Lipinski definition) is 2. The Balaban J connectivity index is 1.54. The number of sulfonamides is 1. The van der Waals surface area contributed by atoms with Gasteiger partial charge in [0.05, 0.1) is 19.4 Å². The molecule has 4 aromatic rings. The van der Waals surface area contributed by atoms with Crippen LogP contribution in [0.15, 0.2) is 90.0 Å². The fourth-order valence-electron chi connectivity index (χ4n) is 3.33. The lowest BCUT2D eigenvalue weighted by molar-refractivity contribution is 0.102. The predicted molar refractivity (Wildman–Crippen MR) is 133 cm³/mol. The number of carbonyl (C=O) groups is 1. The van der Waals surface area contributed by atoms with Crippen LogP contribution in [-0.2, 0) is 10.0 Å². The summed E-state index contributed by atoms with van der Waals surface area (Å²) < 4.78 is 41.0. The fourth-order valence-corrected chi connectivity index (χ4v) is 4.58. The third-order valence-electron chi connectivity index (χ3n) is 4.97. The van der Waals surface area contributed by atoms with Gasteiger partial charge in [-0.25, -0.2) is 13.1 Å². The van der Waals surface area contributed by atoms with Crippen molar-refractivity contribution in [3.63, 3.8) is 0 Å². The predicted octanol–water partition coefficient (Wildman–Crippen LogP) is 4.33. The van der Waals surface area contributed by atoms with Crippen LogP contribution >= 0.6 is 0 Å². The first-order valence-electron chi connectivity index (χ1n) is 10.8. The smallest absolute Gasteiger partial charge is 0.276 e. The van der Waals surface area contributed by atoms with Gasteiger partial charge >= 0.3 is 0 Å². The Morgan fingerprint density at radius 2 is 1.69 bits per heavy atom. The Labute approximate surface area is 203 Å². The topological polar surface area (TPSA) is 112 Å². The van der Waals surface area contributed by atoms with E-state index < -0.39 is 15.9 Å². The second-order valence-electron chi connectivity index (χ2n) is 7.36. The summed E-state index contributed by atoms with van der Waals surface area (Å²) in [7, 11) is -2.65. The molecule has 0 unspecified atom stereocenters. The minimum Gasteiger partial charge on any atom is -0.495 e. The van der Waals surface area contributed by atoms with E-state index in [1.54, 1.807) is 47.3 Å². The maximum atomic E-state index is 13.1. The fraction of sp³-hybridized carbons (Fsp3) is 0.120. The number of amides is 1. The Hall–Kier alpha value is -4.31. The molecule has 0 radical (unpaired) electrons. The summed E-state index contributed by atoms with van der Waals surface area (Å²) in [5.74, 6) is 0.287. The van der Waals surface area contributed by atoms with Crippen molar-refractivity contribution in [1.29, 1.82) is 0 Å². The Morgan fingerprint density at radius 1 is 0.971 bits per heavy atom. The van der Waals surface area contributed by atoms with Gasteiger partial charge in [0, 0.05) is 17.6 Å². The molecule has 1 amide bonds. The zero-order chi connectivity index (χ0) is 24.8. The van der Waals surface area contributed by atoms with E-state index in [1.165, 1.54) is 19.2 Å². The number of para-hydroxylation sites is 1. The lowest BCUT2D eigenvalue weighted by atomic mass is 10.3. The number of carbonyl (C=O) groups excluding carboxylic acids is 1. The van der Waals surface area contributed by atoms with Crippen LogP contribution in [0.3, 0.4) is 0 Å². The highest BCUT2D eigenvalue weighted by Crippen LogP contribution is 2.29. The number of rotatable bonds is 9. The number of anilines is 2. The van der Waals surface area contributed by atoms with Gasteiger partial charge in [0.1, 0.15) is 16.4 Å². The van der Waals surface area contributed by atoms with Crippen LogP contribution in [-0.4, -0.2) is 37.8 Å². The first-order chi connectivity index (χ1) is 16.9. The van der Waals surface area contributed by atoms with E-state index in [0.717, 1.165) is 5.69 Å². The van der Waals surface area contributed by atoms with Crippen molar-refractivity contribution < 1.29 is 22.7 Å². The third kappa shape index (κ3) is 5.61. The quantitative estimate of drug-likeness (QED) is 0.360. The molecule has 0 aliphatic heterocycles. The number of methoxy groups -OCH3 is 1. The van der Waals surface area contributed by atoms with Gasteiger partial charge in [-0.15, -0.1) is 0 Å². The molecule has 1 heterocycles. The van der Waals surface area contributed by atoms with Gasteiger partial charge in [-0.1, -0.05) is 18.2 Å². The van der Waals surface area contributed by atoms with Gasteiger partial charge in [0.2, 0.25) is 0 Å². The highest BCUT2D eigenvalue weighted by Gasteiger charge is 2.21. The monoisotopic (exact) mass is 492 g/mol. The maximum absolute atomic E-state index is 13.1. The van der Waals surface area contributed by atoms with Crippen molar-refractivity contribution in [2.45, 2.75) is 11.8 Å². The number of nitrogens with one attached hydrogen (secondary N) is 2. The largest absolute Gasteiger partial charge is 0.495 e. The second kappa shape index (κ2) is 10.3. The van der Waals surface area contributed by atoms with Gasteiger partial charge in [0.25, 0.3) is 15.9 Å². The summed E-state index contributed by atoms with van der Waals surface area (Å²) in [6, 6.07) is 21.9. The van der Waals surface area contributed by atoms with Gasteiger partial charge in [0.15, 0.2) is 5.69 Å². The molecule has 0 aliphatic rings. The molecular weight excluding hydrogens is 468 g/mol. The average Bonchev–Trinajstić information content (AvgIpc) is 3.36. The van der Waals surface area contributed by atoms with Gasteiger partial charge < -0.3 is 14.8 Å². The number of hydrogen-bond acceptors (Lipinski definition) is 6. The Bertz CT molecular complexity index is 1420. The van der Waals surface area contributed by atoms with E-state index in [-0.39, 0.29) is 22.0 Å². The van der Waals surface area contributed by atoms with Gasteiger partial charge in [-0.2, -0.15) is 5.10 Å². The molecule has 9 nitrogen and oxygen atoms in total. The third-order valence-corrected chi connectivity index (χ3v) is 6.37. The molecule has 4 rings (SSSR count). The summed E-state index contributed by atoms with van der Waals surface area (Å²) in [5, 5.41) is 6.99. The van der Waals surface area contributed by atoms with E-state index in [4.69, 9.17) is 9.47 Å². The minimum atomic E-state index is -4.02. The number of ether oxygens (including phenoxy) is 2. The number of benzene rings is 3. The van der Waals surface area contributed by atoms with Crippen molar-refractivity contribution in [3.05, 3.63) is 90.8 Å². The summed E-state index contributed by atoms with van der Waals surface area (Å²) >= 11 is 0. The van der Waals surface area contributed by atoms with E-state index >= 15 is 0 Å². The first kappa shape index (κ1) is 23.8. The van der Waals surface area contributed by atoms with Crippen LogP contribution in [0.4, 0.5) is 11.4 Å². The lowest BCUT2D eigenvalue weighted by Gasteiger charge is -2.14. The molecule has 0 bridgehead atoms. The first-order valence-corrected chi connectivity index (χ1v) is 12.2. The second-order valence-corrected chi connectivity index (χ2v) is 9.01. The Kier molecular flexibility index (Phi) is 7.02. The summed E-state index contributed by atoms with van der Waals surface area (Å²) in [6.07, 6.45) is 1.68. The highest BCUT2D eigenvalue weighted by molar-refractivity contribution is 7.92. The summed E-state index contributed by atoms with van der Waals surface area (Å²) in [4.78, 5) is 12.6. The molecule has 2 N–H and O–H groups in total. The molecule has 35 heavy (non-hydrogen) atoms. The van der Waals surface area contributed by atoms with Crippen molar-refractivity contribution >= 4 is 27.3 Å². The highest BCUT2D eigenvalue weighted by atomic mass is 32.2. The van der Waals surface area contributed by atoms with E-state index in [1.807, 2.05) is 37.3 Å².